The first-order valence-electron chi connectivity index (χ1n) is 4.75. The lowest BCUT2D eigenvalue weighted by Crippen LogP contribution is -2.44. The van der Waals surface area contributed by atoms with Crippen LogP contribution in [0.15, 0.2) is 24.3 Å². The molecule has 0 saturated heterocycles. The lowest BCUT2D eigenvalue weighted by Gasteiger charge is -2.30. The molecule has 0 aliphatic rings. The van der Waals surface area contributed by atoms with Gasteiger partial charge in [0.25, 0.3) is 0 Å². The highest BCUT2D eigenvalue weighted by Gasteiger charge is 2.56. The van der Waals surface area contributed by atoms with Crippen molar-refractivity contribution < 1.29 is 28.2 Å². The van der Waals surface area contributed by atoms with Crippen LogP contribution in [0.4, 0.5) is 13.2 Å². The predicted octanol–water partition coefficient (Wildman–Crippen LogP) is 2.22. The molecule has 0 aromatic heterocycles. The van der Waals surface area contributed by atoms with Gasteiger partial charge in [0.1, 0.15) is 0 Å². The molecular formula is C11H11F3O3. The Balaban J connectivity index is 3.35. The van der Waals surface area contributed by atoms with E-state index in [9.17, 15) is 23.1 Å². The van der Waals surface area contributed by atoms with Crippen LogP contribution < -0.4 is 0 Å². The van der Waals surface area contributed by atoms with Crippen LogP contribution in [0.3, 0.4) is 0 Å². The summed E-state index contributed by atoms with van der Waals surface area (Å²) in [7, 11) is 0. The van der Waals surface area contributed by atoms with Crippen molar-refractivity contribution in [3.05, 3.63) is 35.4 Å². The van der Waals surface area contributed by atoms with Gasteiger partial charge in [-0.15, -0.1) is 0 Å². The Bertz CT molecular complexity index is 428. The van der Waals surface area contributed by atoms with Gasteiger partial charge < -0.3 is 10.2 Å². The summed E-state index contributed by atoms with van der Waals surface area (Å²) in [6.07, 6.45) is -6.46. The molecule has 0 bridgehead atoms. The van der Waals surface area contributed by atoms with Crippen LogP contribution in [0.2, 0.25) is 0 Å². The van der Waals surface area contributed by atoms with Crippen LogP contribution in [0.25, 0.3) is 0 Å². The van der Waals surface area contributed by atoms with Gasteiger partial charge >= 0.3 is 12.1 Å². The molecule has 1 rings (SSSR count). The number of hydrogen-bond acceptors (Lipinski definition) is 2. The molecule has 0 aliphatic heterocycles. The maximum Gasteiger partial charge on any atom is 0.422 e. The number of alkyl halides is 3. The van der Waals surface area contributed by atoms with E-state index in [4.69, 9.17) is 5.11 Å². The van der Waals surface area contributed by atoms with E-state index in [1.165, 1.54) is 25.1 Å². The van der Waals surface area contributed by atoms with Crippen LogP contribution in [0.1, 0.15) is 17.5 Å². The molecule has 0 amide bonds. The van der Waals surface area contributed by atoms with Crippen molar-refractivity contribution in [1.82, 2.24) is 0 Å². The molecule has 2 N–H and O–H groups in total. The molecule has 0 fully saturated rings. The fourth-order valence-corrected chi connectivity index (χ4v) is 1.60. The van der Waals surface area contributed by atoms with Gasteiger partial charge in [0, 0.05) is 0 Å². The highest BCUT2D eigenvalue weighted by atomic mass is 19.4. The molecule has 1 aromatic carbocycles. The molecule has 1 atom stereocenters. The Labute approximate surface area is 95.5 Å². The average Bonchev–Trinajstić information content (AvgIpc) is 2.15. The molecular weight excluding hydrogens is 237 g/mol. The minimum atomic E-state index is -5.04. The summed E-state index contributed by atoms with van der Waals surface area (Å²) >= 11 is 0. The zero-order valence-corrected chi connectivity index (χ0v) is 8.95. The maximum atomic E-state index is 12.8. The van der Waals surface area contributed by atoms with Crippen molar-refractivity contribution in [3.8, 4) is 0 Å². The van der Waals surface area contributed by atoms with Crippen LogP contribution in [-0.4, -0.2) is 22.4 Å². The first-order valence-corrected chi connectivity index (χ1v) is 4.75. The number of aliphatic carboxylic acids is 1. The minimum absolute atomic E-state index is 0.188. The lowest BCUT2D eigenvalue weighted by atomic mass is 9.87. The summed E-state index contributed by atoms with van der Waals surface area (Å²) in [5, 5.41) is 18.2. The topological polar surface area (TPSA) is 57.5 Å². The van der Waals surface area contributed by atoms with Gasteiger partial charge in [-0.2, -0.15) is 13.2 Å². The summed E-state index contributed by atoms with van der Waals surface area (Å²) in [4.78, 5) is 10.5. The van der Waals surface area contributed by atoms with Crippen LogP contribution in [0, 0.1) is 6.92 Å². The Morgan fingerprint density at radius 1 is 1.29 bits per heavy atom. The van der Waals surface area contributed by atoms with Crippen molar-refractivity contribution in [1.29, 1.82) is 0 Å². The fourth-order valence-electron chi connectivity index (χ4n) is 1.60. The third-order valence-corrected chi connectivity index (χ3v) is 2.47. The highest BCUT2D eigenvalue weighted by molar-refractivity contribution is 5.69. The van der Waals surface area contributed by atoms with Crippen molar-refractivity contribution >= 4 is 5.97 Å². The van der Waals surface area contributed by atoms with Gasteiger partial charge in [-0.25, -0.2) is 0 Å². The second kappa shape index (κ2) is 4.37. The summed E-state index contributed by atoms with van der Waals surface area (Å²) in [5.74, 6) is -1.71. The van der Waals surface area contributed by atoms with E-state index >= 15 is 0 Å². The van der Waals surface area contributed by atoms with Crippen LogP contribution in [-0.2, 0) is 10.4 Å². The quantitative estimate of drug-likeness (QED) is 0.862. The average molecular weight is 248 g/mol. The fraction of sp³-hybridized carbons (Fsp3) is 0.364. The van der Waals surface area contributed by atoms with Crippen molar-refractivity contribution in [2.24, 2.45) is 0 Å². The van der Waals surface area contributed by atoms with Crippen LogP contribution in [0.5, 0.6) is 0 Å². The Kier molecular flexibility index (Phi) is 3.47. The van der Waals surface area contributed by atoms with E-state index in [1.807, 2.05) is 0 Å². The molecule has 1 aromatic rings. The number of halogens is 3. The number of carboxylic acid groups (broad SMARTS) is 1. The first-order chi connectivity index (χ1) is 7.68. The molecule has 1 unspecified atom stereocenters. The molecule has 3 nitrogen and oxygen atoms in total. The lowest BCUT2D eigenvalue weighted by molar-refractivity contribution is -0.269. The molecule has 0 saturated carbocycles. The smallest absolute Gasteiger partial charge is 0.422 e. The third-order valence-electron chi connectivity index (χ3n) is 2.47. The van der Waals surface area contributed by atoms with E-state index in [0.717, 1.165) is 6.07 Å². The number of aliphatic hydroxyl groups is 1. The SMILES string of the molecule is Cc1ccccc1C(O)(CC(=O)O)C(F)(F)F. The zero-order valence-electron chi connectivity index (χ0n) is 8.95. The van der Waals surface area contributed by atoms with Gasteiger partial charge in [-0.1, -0.05) is 24.3 Å². The van der Waals surface area contributed by atoms with E-state index in [-0.39, 0.29) is 5.56 Å². The molecule has 6 heteroatoms. The largest absolute Gasteiger partial charge is 0.481 e. The van der Waals surface area contributed by atoms with Crippen molar-refractivity contribution in [3.63, 3.8) is 0 Å². The molecule has 0 heterocycles. The highest BCUT2D eigenvalue weighted by Crippen LogP contribution is 2.42. The summed E-state index contributed by atoms with van der Waals surface area (Å²) in [5.41, 5.74) is -3.60. The summed E-state index contributed by atoms with van der Waals surface area (Å²) < 4.78 is 38.5. The standard InChI is InChI=1S/C11H11F3O3/c1-7-4-2-3-5-8(7)10(17,6-9(15)16)11(12,13)14/h2-5,17H,6H2,1H3,(H,15,16). The van der Waals surface area contributed by atoms with Crippen LogP contribution >= 0.6 is 0 Å². The van der Waals surface area contributed by atoms with Crippen molar-refractivity contribution in [2.75, 3.05) is 0 Å². The predicted molar refractivity (Wildman–Crippen MR) is 53.4 cm³/mol. The van der Waals surface area contributed by atoms with E-state index in [1.54, 1.807) is 0 Å². The zero-order chi connectivity index (χ0) is 13.3. The summed E-state index contributed by atoms with van der Waals surface area (Å²) in [6, 6.07) is 5.29. The molecule has 0 aliphatic carbocycles. The second-order valence-corrected chi connectivity index (χ2v) is 3.74. The monoisotopic (exact) mass is 248 g/mol. The number of aryl methyl sites for hydroxylation is 1. The normalized spacial score (nSPS) is 15.4. The molecule has 0 radical (unpaired) electrons. The Morgan fingerprint density at radius 2 is 1.82 bits per heavy atom. The van der Waals surface area contributed by atoms with Crippen molar-refractivity contribution in [2.45, 2.75) is 25.1 Å². The van der Waals surface area contributed by atoms with Gasteiger partial charge in [-0.3, -0.25) is 4.79 Å². The van der Waals surface area contributed by atoms with Gasteiger partial charge in [0.05, 0.1) is 6.42 Å². The minimum Gasteiger partial charge on any atom is -0.481 e. The number of rotatable bonds is 3. The van der Waals surface area contributed by atoms with Gasteiger partial charge in [0.2, 0.25) is 0 Å². The van der Waals surface area contributed by atoms with Gasteiger partial charge in [0.15, 0.2) is 5.60 Å². The molecule has 0 spiro atoms. The second-order valence-electron chi connectivity index (χ2n) is 3.74. The number of carboxylic acids is 1. The Morgan fingerprint density at radius 3 is 2.24 bits per heavy atom. The molecule has 17 heavy (non-hydrogen) atoms. The summed E-state index contributed by atoms with van der Waals surface area (Å²) in [6.45, 7) is 1.38. The third kappa shape index (κ3) is 2.58. The molecule has 94 valence electrons. The number of hydrogen-bond donors (Lipinski definition) is 2. The number of carbonyl (C=O) groups is 1. The van der Waals surface area contributed by atoms with E-state index < -0.39 is 29.7 Å². The Hall–Kier alpha value is -1.56. The van der Waals surface area contributed by atoms with E-state index in [2.05, 4.69) is 0 Å². The van der Waals surface area contributed by atoms with E-state index in [0.29, 0.717) is 0 Å². The van der Waals surface area contributed by atoms with Gasteiger partial charge in [-0.05, 0) is 18.1 Å². The maximum absolute atomic E-state index is 12.8. The number of benzene rings is 1. The first kappa shape index (κ1) is 13.5.